The third kappa shape index (κ3) is 2.47. The van der Waals surface area contributed by atoms with E-state index in [0.717, 1.165) is 6.42 Å². The van der Waals surface area contributed by atoms with E-state index in [9.17, 15) is 13.9 Å². The van der Waals surface area contributed by atoms with Gasteiger partial charge in [0.1, 0.15) is 0 Å². The first-order valence-electron chi connectivity index (χ1n) is 6.09. The second-order valence-corrected chi connectivity index (χ2v) is 5.10. The van der Waals surface area contributed by atoms with Gasteiger partial charge >= 0.3 is 0 Å². The summed E-state index contributed by atoms with van der Waals surface area (Å²) in [6, 6.07) is 3.03. The first kappa shape index (κ1) is 13.2. The molecule has 1 saturated heterocycles. The molecule has 0 radical (unpaired) electrons. The van der Waals surface area contributed by atoms with Crippen LogP contribution in [0.1, 0.15) is 25.3 Å². The van der Waals surface area contributed by atoms with E-state index < -0.39 is 17.2 Å². The molecule has 0 spiro atoms. The van der Waals surface area contributed by atoms with Crippen molar-refractivity contribution in [2.45, 2.75) is 31.9 Å². The maximum Gasteiger partial charge on any atom is 0.182 e. The second kappa shape index (κ2) is 4.82. The van der Waals surface area contributed by atoms with Crippen molar-refractivity contribution in [1.82, 2.24) is 0 Å². The molecule has 1 aliphatic heterocycles. The third-order valence-electron chi connectivity index (χ3n) is 3.38. The molecule has 0 amide bonds. The summed E-state index contributed by atoms with van der Waals surface area (Å²) >= 11 is 0. The van der Waals surface area contributed by atoms with Crippen molar-refractivity contribution >= 4 is 5.69 Å². The van der Waals surface area contributed by atoms with Gasteiger partial charge in [0.15, 0.2) is 11.6 Å². The highest BCUT2D eigenvalue weighted by Crippen LogP contribution is 2.29. The summed E-state index contributed by atoms with van der Waals surface area (Å²) in [6.07, 6.45) is 1.43. The summed E-state index contributed by atoms with van der Waals surface area (Å²) in [5.74, 6) is -1.77. The fourth-order valence-corrected chi connectivity index (χ4v) is 2.41. The number of hydrogen-bond donors (Lipinski definition) is 2. The monoisotopic (exact) mass is 256 g/mol. The molecule has 0 aromatic heterocycles. The van der Waals surface area contributed by atoms with E-state index in [1.807, 2.05) is 0 Å². The summed E-state index contributed by atoms with van der Waals surface area (Å²) in [5, 5.41) is 9.99. The van der Waals surface area contributed by atoms with Crippen molar-refractivity contribution in [3.05, 3.63) is 29.3 Å². The molecule has 1 atom stereocenters. The molecule has 1 aromatic rings. The minimum atomic E-state index is -0.889. The number of benzene rings is 1. The third-order valence-corrected chi connectivity index (χ3v) is 3.38. The molecule has 1 unspecified atom stereocenters. The van der Waals surface area contributed by atoms with Gasteiger partial charge in [0.25, 0.3) is 0 Å². The van der Waals surface area contributed by atoms with Gasteiger partial charge in [0.05, 0.1) is 11.3 Å². The maximum absolute atomic E-state index is 13.9. The van der Waals surface area contributed by atoms with Gasteiger partial charge in [0, 0.05) is 25.2 Å². The molecule has 100 valence electrons. The quantitative estimate of drug-likeness (QED) is 0.848. The summed E-state index contributed by atoms with van der Waals surface area (Å²) in [7, 11) is 0. The van der Waals surface area contributed by atoms with Crippen LogP contribution >= 0.6 is 0 Å². The van der Waals surface area contributed by atoms with Crippen LogP contribution in [0.25, 0.3) is 0 Å². The number of piperidine rings is 1. The van der Waals surface area contributed by atoms with Crippen LogP contribution in [-0.4, -0.2) is 23.8 Å². The lowest BCUT2D eigenvalue weighted by Gasteiger charge is -2.38. The molecule has 1 heterocycles. The minimum Gasteiger partial charge on any atom is -0.388 e. The van der Waals surface area contributed by atoms with E-state index in [-0.39, 0.29) is 17.8 Å². The Hall–Kier alpha value is -1.20. The van der Waals surface area contributed by atoms with Gasteiger partial charge in [-0.25, -0.2) is 8.78 Å². The predicted molar refractivity (Wildman–Crippen MR) is 66.3 cm³/mol. The summed E-state index contributed by atoms with van der Waals surface area (Å²) < 4.78 is 27.6. The lowest BCUT2D eigenvalue weighted by atomic mass is 9.94. The van der Waals surface area contributed by atoms with Crippen molar-refractivity contribution in [2.75, 3.05) is 18.0 Å². The minimum absolute atomic E-state index is 0.0270. The molecule has 3 nitrogen and oxygen atoms in total. The van der Waals surface area contributed by atoms with Crippen molar-refractivity contribution < 1.29 is 13.9 Å². The summed E-state index contributed by atoms with van der Waals surface area (Å²) in [6.45, 7) is 2.61. The number of nitrogens with zero attached hydrogens (tertiary/aromatic N) is 1. The lowest BCUT2D eigenvalue weighted by Crippen LogP contribution is -2.46. The fourth-order valence-electron chi connectivity index (χ4n) is 2.41. The van der Waals surface area contributed by atoms with Gasteiger partial charge in [-0.2, -0.15) is 0 Å². The van der Waals surface area contributed by atoms with Crippen LogP contribution in [-0.2, 0) is 6.54 Å². The molecule has 3 N–H and O–H groups in total. The van der Waals surface area contributed by atoms with E-state index >= 15 is 0 Å². The molecule has 18 heavy (non-hydrogen) atoms. The molecule has 1 aliphatic rings. The van der Waals surface area contributed by atoms with Gasteiger partial charge in [-0.15, -0.1) is 0 Å². The van der Waals surface area contributed by atoms with E-state index in [1.165, 1.54) is 12.1 Å². The smallest absolute Gasteiger partial charge is 0.182 e. The first-order chi connectivity index (χ1) is 8.44. The molecule has 0 aliphatic carbocycles. The SMILES string of the molecule is CC1(O)CCCN(c2ccc(CN)c(F)c2F)C1. The number of hydrogen-bond acceptors (Lipinski definition) is 3. The number of β-amino-alcohol motifs (C(OH)–C–C–N with tert-alkyl or cyclic N) is 1. The predicted octanol–water partition coefficient (Wildman–Crippen LogP) is 1.77. The van der Waals surface area contributed by atoms with Crippen LogP contribution < -0.4 is 10.6 Å². The molecular weight excluding hydrogens is 238 g/mol. The Balaban J connectivity index is 2.31. The van der Waals surface area contributed by atoms with Gasteiger partial charge in [-0.3, -0.25) is 0 Å². The fraction of sp³-hybridized carbons (Fsp3) is 0.538. The molecular formula is C13H18F2N2O. The topological polar surface area (TPSA) is 49.5 Å². The molecule has 1 aromatic carbocycles. The standard InChI is InChI=1S/C13H18F2N2O/c1-13(18)5-2-6-17(8-13)10-4-3-9(7-16)11(14)12(10)15/h3-4,18H,2,5-8,16H2,1H3. The Morgan fingerprint density at radius 1 is 1.39 bits per heavy atom. The van der Waals surface area contributed by atoms with Gasteiger partial charge in [0.2, 0.25) is 0 Å². The number of nitrogens with two attached hydrogens (primary N) is 1. The number of aliphatic hydroxyl groups is 1. The zero-order chi connectivity index (χ0) is 13.3. The maximum atomic E-state index is 13.9. The summed E-state index contributed by atoms with van der Waals surface area (Å²) in [4.78, 5) is 1.68. The molecule has 0 saturated carbocycles. The number of anilines is 1. The van der Waals surface area contributed by atoms with Crippen molar-refractivity contribution in [3.63, 3.8) is 0 Å². The van der Waals surface area contributed by atoms with E-state index in [2.05, 4.69) is 0 Å². The van der Waals surface area contributed by atoms with Crippen LogP contribution in [0.3, 0.4) is 0 Å². The van der Waals surface area contributed by atoms with Crippen molar-refractivity contribution in [1.29, 1.82) is 0 Å². The average Bonchev–Trinajstić information content (AvgIpc) is 2.31. The Bertz CT molecular complexity index is 449. The molecule has 5 heteroatoms. The Labute approximate surface area is 105 Å². The van der Waals surface area contributed by atoms with Crippen molar-refractivity contribution in [2.24, 2.45) is 5.73 Å². The van der Waals surface area contributed by atoms with Crippen LogP contribution in [0.4, 0.5) is 14.5 Å². The van der Waals surface area contributed by atoms with Crippen LogP contribution in [0.15, 0.2) is 12.1 Å². The van der Waals surface area contributed by atoms with Crippen LogP contribution in [0, 0.1) is 11.6 Å². The van der Waals surface area contributed by atoms with E-state index in [4.69, 9.17) is 5.73 Å². The molecule has 0 bridgehead atoms. The largest absolute Gasteiger partial charge is 0.388 e. The Kier molecular flexibility index (Phi) is 3.54. The number of halogens is 2. The van der Waals surface area contributed by atoms with Gasteiger partial charge in [-0.05, 0) is 25.8 Å². The van der Waals surface area contributed by atoms with Gasteiger partial charge in [-0.1, -0.05) is 6.07 Å². The van der Waals surface area contributed by atoms with E-state index in [0.29, 0.717) is 19.5 Å². The van der Waals surface area contributed by atoms with Gasteiger partial charge < -0.3 is 15.7 Å². The molecule has 1 fully saturated rings. The lowest BCUT2D eigenvalue weighted by molar-refractivity contribution is 0.0447. The van der Waals surface area contributed by atoms with Crippen LogP contribution in [0.2, 0.25) is 0 Å². The first-order valence-corrected chi connectivity index (χ1v) is 6.09. The van der Waals surface area contributed by atoms with Crippen molar-refractivity contribution in [3.8, 4) is 0 Å². The highest BCUT2D eigenvalue weighted by molar-refractivity contribution is 5.50. The molecule has 2 rings (SSSR count). The average molecular weight is 256 g/mol. The Morgan fingerprint density at radius 2 is 2.11 bits per heavy atom. The number of rotatable bonds is 2. The van der Waals surface area contributed by atoms with E-state index in [1.54, 1.807) is 11.8 Å². The highest BCUT2D eigenvalue weighted by atomic mass is 19.2. The van der Waals surface area contributed by atoms with Crippen LogP contribution in [0.5, 0.6) is 0 Å². The zero-order valence-electron chi connectivity index (χ0n) is 10.4. The summed E-state index contributed by atoms with van der Waals surface area (Å²) in [5.41, 5.74) is 4.84. The Morgan fingerprint density at radius 3 is 2.72 bits per heavy atom. The normalized spacial score (nSPS) is 24.4. The zero-order valence-corrected chi connectivity index (χ0v) is 10.4. The second-order valence-electron chi connectivity index (χ2n) is 5.10. The highest BCUT2D eigenvalue weighted by Gasteiger charge is 2.30.